The van der Waals surface area contributed by atoms with Gasteiger partial charge in [-0.2, -0.15) is 0 Å². The van der Waals surface area contributed by atoms with Crippen molar-refractivity contribution in [2.24, 2.45) is 0 Å². The van der Waals surface area contributed by atoms with Crippen LogP contribution in [-0.2, 0) is 0 Å². The van der Waals surface area contributed by atoms with E-state index in [2.05, 4.69) is 41.4 Å². The predicted octanol–water partition coefficient (Wildman–Crippen LogP) is 6.29. The monoisotopic (exact) mass is 445 g/mol. The number of rotatable bonds is 7. The fraction of sp³-hybridized carbons (Fsp3) is 0.304. The number of carbonyl (C=O) groups is 1. The van der Waals surface area contributed by atoms with Crippen molar-refractivity contribution in [3.05, 3.63) is 69.4 Å². The van der Waals surface area contributed by atoms with Gasteiger partial charge in [0.25, 0.3) is 5.91 Å². The highest BCUT2D eigenvalue weighted by molar-refractivity contribution is 6.39. The van der Waals surface area contributed by atoms with E-state index in [4.69, 9.17) is 27.7 Å². The van der Waals surface area contributed by atoms with Crippen LogP contribution >= 0.6 is 23.2 Å². The fourth-order valence-electron chi connectivity index (χ4n) is 3.45. The van der Waals surface area contributed by atoms with Crippen molar-refractivity contribution >= 4 is 34.8 Å². The molecule has 0 saturated carbocycles. The van der Waals surface area contributed by atoms with Crippen LogP contribution in [0.1, 0.15) is 48.5 Å². The summed E-state index contributed by atoms with van der Waals surface area (Å²) in [7, 11) is 0. The molecule has 0 aliphatic carbocycles. The van der Waals surface area contributed by atoms with Gasteiger partial charge in [-0.1, -0.05) is 46.6 Å². The smallest absolute Gasteiger partial charge is 0.257 e. The zero-order valence-electron chi connectivity index (χ0n) is 17.5. The van der Waals surface area contributed by atoms with Crippen LogP contribution in [0.25, 0.3) is 11.3 Å². The SMILES string of the molecule is CCN(CC)c1ccc([C@@H](C)NC(=O)c2c(-c3c(Cl)cccc3Cl)noc2C)cc1. The molecule has 1 heterocycles. The average Bonchev–Trinajstić information content (AvgIpc) is 3.10. The van der Waals surface area contributed by atoms with Crippen LogP contribution in [-0.4, -0.2) is 24.2 Å². The Morgan fingerprint density at radius 2 is 1.70 bits per heavy atom. The van der Waals surface area contributed by atoms with Gasteiger partial charge in [0.2, 0.25) is 0 Å². The second-order valence-corrected chi connectivity index (χ2v) is 7.83. The molecule has 0 aliphatic heterocycles. The Balaban J connectivity index is 1.84. The molecule has 30 heavy (non-hydrogen) atoms. The highest BCUT2D eigenvalue weighted by Crippen LogP contribution is 2.36. The summed E-state index contributed by atoms with van der Waals surface area (Å²) in [6.07, 6.45) is 0. The summed E-state index contributed by atoms with van der Waals surface area (Å²) in [6.45, 7) is 9.79. The summed E-state index contributed by atoms with van der Waals surface area (Å²) in [5.41, 5.74) is 3.32. The average molecular weight is 446 g/mol. The van der Waals surface area contributed by atoms with E-state index in [-0.39, 0.29) is 11.9 Å². The fourth-order valence-corrected chi connectivity index (χ4v) is 4.03. The number of aromatic nitrogens is 1. The second-order valence-electron chi connectivity index (χ2n) is 7.02. The summed E-state index contributed by atoms with van der Waals surface area (Å²) in [5, 5.41) is 7.89. The molecule has 0 saturated heterocycles. The van der Waals surface area contributed by atoms with E-state index >= 15 is 0 Å². The molecule has 2 aromatic carbocycles. The minimum absolute atomic E-state index is 0.202. The van der Waals surface area contributed by atoms with E-state index in [1.54, 1.807) is 25.1 Å². The number of aryl methyl sites for hydroxylation is 1. The van der Waals surface area contributed by atoms with Crippen LogP contribution in [0.15, 0.2) is 47.0 Å². The van der Waals surface area contributed by atoms with Gasteiger partial charge in [-0.15, -0.1) is 0 Å². The predicted molar refractivity (Wildman–Crippen MR) is 123 cm³/mol. The van der Waals surface area contributed by atoms with Crippen LogP contribution in [0.3, 0.4) is 0 Å². The lowest BCUT2D eigenvalue weighted by Gasteiger charge is -2.22. The number of hydrogen-bond donors (Lipinski definition) is 1. The summed E-state index contributed by atoms with van der Waals surface area (Å²) in [5.74, 6) is 0.114. The lowest BCUT2D eigenvalue weighted by atomic mass is 10.0. The Hall–Kier alpha value is -2.50. The molecule has 0 aliphatic rings. The topological polar surface area (TPSA) is 58.4 Å². The molecule has 0 fully saturated rings. The number of carbonyl (C=O) groups excluding carboxylic acids is 1. The number of nitrogens with zero attached hydrogens (tertiary/aromatic N) is 2. The highest BCUT2D eigenvalue weighted by Gasteiger charge is 2.25. The third kappa shape index (κ3) is 4.47. The Morgan fingerprint density at radius 1 is 1.10 bits per heavy atom. The Kier molecular flexibility index (Phi) is 7.06. The maximum Gasteiger partial charge on any atom is 0.257 e. The number of benzene rings is 2. The van der Waals surface area contributed by atoms with Gasteiger partial charge in [-0.25, -0.2) is 0 Å². The molecule has 1 amide bonds. The van der Waals surface area contributed by atoms with Crippen LogP contribution in [0, 0.1) is 6.92 Å². The first kappa shape index (κ1) is 22.2. The zero-order valence-corrected chi connectivity index (χ0v) is 19.0. The molecule has 158 valence electrons. The van der Waals surface area contributed by atoms with Gasteiger partial charge in [-0.05, 0) is 57.5 Å². The van der Waals surface area contributed by atoms with E-state index in [9.17, 15) is 4.79 Å². The van der Waals surface area contributed by atoms with Gasteiger partial charge >= 0.3 is 0 Å². The molecule has 3 aromatic rings. The highest BCUT2D eigenvalue weighted by atomic mass is 35.5. The molecule has 1 N–H and O–H groups in total. The van der Waals surface area contributed by atoms with Crippen molar-refractivity contribution in [1.29, 1.82) is 0 Å². The molecule has 0 radical (unpaired) electrons. The number of nitrogens with one attached hydrogen (secondary N) is 1. The molecule has 3 rings (SSSR count). The normalized spacial score (nSPS) is 11.9. The molecule has 0 spiro atoms. The van der Waals surface area contributed by atoms with Crippen LogP contribution in [0.4, 0.5) is 5.69 Å². The minimum atomic E-state index is -0.292. The van der Waals surface area contributed by atoms with E-state index in [0.29, 0.717) is 32.6 Å². The Morgan fingerprint density at radius 3 is 2.27 bits per heavy atom. The molecule has 0 bridgehead atoms. The quantitative estimate of drug-likeness (QED) is 0.463. The maximum absolute atomic E-state index is 13.1. The molecule has 5 nitrogen and oxygen atoms in total. The maximum atomic E-state index is 13.1. The first-order valence-electron chi connectivity index (χ1n) is 9.93. The first-order valence-corrected chi connectivity index (χ1v) is 10.7. The van der Waals surface area contributed by atoms with Crippen molar-refractivity contribution < 1.29 is 9.32 Å². The van der Waals surface area contributed by atoms with Gasteiger partial charge in [-0.3, -0.25) is 4.79 Å². The third-order valence-electron chi connectivity index (χ3n) is 5.16. The zero-order chi connectivity index (χ0) is 21.8. The van der Waals surface area contributed by atoms with E-state index < -0.39 is 0 Å². The van der Waals surface area contributed by atoms with E-state index in [0.717, 1.165) is 24.3 Å². The van der Waals surface area contributed by atoms with Crippen molar-refractivity contribution in [1.82, 2.24) is 10.5 Å². The number of hydrogen-bond acceptors (Lipinski definition) is 4. The number of amides is 1. The lowest BCUT2D eigenvalue weighted by molar-refractivity contribution is 0.0939. The van der Waals surface area contributed by atoms with Crippen LogP contribution in [0.5, 0.6) is 0 Å². The van der Waals surface area contributed by atoms with Gasteiger partial charge < -0.3 is 14.7 Å². The van der Waals surface area contributed by atoms with Crippen molar-refractivity contribution in [2.75, 3.05) is 18.0 Å². The summed E-state index contributed by atoms with van der Waals surface area (Å²) < 4.78 is 5.30. The van der Waals surface area contributed by atoms with Crippen LogP contribution in [0.2, 0.25) is 10.0 Å². The van der Waals surface area contributed by atoms with Crippen molar-refractivity contribution in [2.45, 2.75) is 33.7 Å². The van der Waals surface area contributed by atoms with Crippen LogP contribution < -0.4 is 10.2 Å². The summed E-state index contributed by atoms with van der Waals surface area (Å²) in [4.78, 5) is 15.4. The van der Waals surface area contributed by atoms with Gasteiger partial charge in [0.15, 0.2) is 0 Å². The van der Waals surface area contributed by atoms with E-state index in [1.807, 2.05) is 19.1 Å². The standard InChI is InChI=1S/C23H25Cl2N3O2/c1-5-28(6-2)17-12-10-16(11-13-17)14(3)26-23(29)20-15(4)30-27-22(20)21-18(24)8-7-9-19(21)25/h7-14H,5-6H2,1-4H3,(H,26,29)/t14-/m1/s1. The summed E-state index contributed by atoms with van der Waals surface area (Å²) >= 11 is 12.6. The van der Waals surface area contributed by atoms with Crippen molar-refractivity contribution in [3.8, 4) is 11.3 Å². The van der Waals surface area contributed by atoms with Gasteiger partial charge in [0, 0.05) is 24.3 Å². The molecule has 7 heteroatoms. The Labute approximate surface area is 187 Å². The molecule has 1 atom stereocenters. The molecular formula is C23H25Cl2N3O2. The second kappa shape index (κ2) is 9.54. The summed E-state index contributed by atoms with van der Waals surface area (Å²) in [6, 6.07) is 13.2. The molecular weight excluding hydrogens is 421 g/mol. The minimum Gasteiger partial charge on any atom is -0.372 e. The number of halogens is 2. The largest absolute Gasteiger partial charge is 0.372 e. The lowest BCUT2D eigenvalue weighted by Crippen LogP contribution is -2.27. The number of anilines is 1. The van der Waals surface area contributed by atoms with Gasteiger partial charge in [0.1, 0.15) is 17.0 Å². The first-order chi connectivity index (χ1) is 14.4. The van der Waals surface area contributed by atoms with E-state index in [1.165, 1.54) is 0 Å². The third-order valence-corrected chi connectivity index (χ3v) is 5.79. The van der Waals surface area contributed by atoms with Gasteiger partial charge in [0.05, 0.1) is 16.1 Å². The van der Waals surface area contributed by atoms with Crippen molar-refractivity contribution in [3.63, 3.8) is 0 Å². The Bertz CT molecular complexity index is 1010. The molecule has 0 unspecified atom stereocenters. The molecule has 1 aromatic heterocycles.